The number of anilines is 1. The van der Waals surface area contributed by atoms with Crippen LogP contribution in [0.4, 0.5) is 5.69 Å². The number of ether oxygens (including phenoxy) is 2. The minimum atomic E-state index is -0.607. The van der Waals surface area contributed by atoms with Crippen molar-refractivity contribution in [3.63, 3.8) is 0 Å². The number of amides is 2. The number of hydrogen-bond acceptors (Lipinski definition) is 7. The Morgan fingerprint density at radius 1 is 1.03 bits per heavy atom. The van der Waals surface area contributed by atoms with Gasteiger partial charge in [-0.1, -0.05) is 42.1 Å². The number of carbonyl (C=O) groups is 2. The number of methoxy groups -OCH3 is 1. The van der Waals surface area contributed by atoms with Crippen LogP contribution in [-0.4, -0.2) is 46.7 Å². The van der Waals surface area contributed by atoms with E-state index in [9.17, 15) is 9.59 Å². The molecule has 0 saturated carbocycles. The van der Waals surface area contributed by atoms with Crippen molar-refractivity contribution in [1.29, 1.82) is 0 Å². The van der Waals surface area contributed by atoms with E-state index in [2.05, 4.69) is 10.3 Å². The predicted octanol–water partition coefficient (Wildman–Crippen LogP) is 5.27. The van der Waals surface area contributed by atoms with Crippen LogP contribution in [0.5, 0.6) is 11.5 Å². The van der Waals surface area contributed by atoms with Crippen molar-refractivity contribution < 1.29 is 19.1 Å². The van der Waals surface area contributed by atoms with Crippen LogP contribution in [0.15, 0.2) is 89.0 Å². The minimum Gasteiger partial charge on any atom is -0.497 e. The lowest BCUT2D eigenvalue weighted by Crippen LogP contribution is -2.25. The standard InChI is InChI=1S/C29H28N4O4S/c1-3-37-23-15-11-21(12-16-23)30-27(34)18-26-28(35)31-29(38-26)33-25(20-7-5-4-6-8-20)17-24(32-33)19-9-13-22(36-2)14-10-19/h4-16,25-26H,3,17-18H2,1-2H3,(H,30,34)/t25-,26+/m0/s1. The minimum absolute atomic E-state index is 0.0165. The van der Waals surface area contributed by atoms with Crippen LogP contribution in [0, 0.1) is 0 Å². The molecular formula is C29H28N4O4S. The molecule has 9 heteroatoms. The summed E-state index contributed by atoms with van der Waals surface area (Å²) in [5, 5.41) is 9.46. The highest BCUT2D eigenvalue weighted by Gasteiger charge is 2.39. The molecule has 5 rings (SSSR count). The van der Waals surface area contributed by atoms with Gasteiger partial charge in [0, 0.05) is 18.5 Å². The Bertz CT molecular complexity index is 1360. The van der Waals surface area contributed by atoms with Crippen molar-refractivity contribution in [2.45, 2.75) is 31.1 Å². The van der Waals surface area contributed by atoms with Crippen LogP contribution >= 0.6 is 11.8 Å². The molecule has 0 saturated heterocycles. The van der Waals surface area contributed by atoms with Gasteiger partial charge in [0.25, 0.3) is 5.91 Å². The van der Waals surface area contributed by atoms with E-state index in [1.807, 2.05) is 66.5 Å². The number of carbonyl (C=O) groups excluding carboxylic acids is 2. The summed E-state index contributed by atoms with van der Waals surface area (Å²) < 4.78 is 10.7. The van der Waals surface area contributed by atoms with Gasteiger partial charge in [-0.3, -0.25) is 9.59 Å². The lowest BCUT2D eigenvalue weighted by molar-refractivity contribution is -0.121. The van der Waals surface area contributed by atoms with Crippen LogP contribution < -0.4 is 14.8 Å². The van der Waals surface area contributed by atoms with Gasteiger partial charge in [-0.15, -0.1) is 0 Å². The number of hydrogen-bond donors (Lipinski definition) is 1. The van der Waals surface area contributed by atoms with Crippen LogP contribution in [0.1, 0.15) is 36.9 Å². The summed E-state index contributed by atoms with van der Waals surface area (Å²) in [7, 11) is 1.64. The maximum Gasteiger partial charge on any atom is 0.262 e. The molecule has 2 amide bonds. The molecule has 0 spiro atoms. The second-order valence-electron chi connectivity index (χ2n) is 8.80. The van der Waals surface area contributed by atoms with Crippen LogP contribution in [0.2, 0.25) is 0 Å². The topological polar surface area (TPSA) is 92.6 Å². The predicted molar refractivity (Wildman–Crippen MR) is 150 cm³/mol. The first kappa shape index (κ1) is 25.5. The Balaban J connectivity index is 1.30. The molecule has 2 aliphatic rings. The van der Waals surface area contributed by atoms with Crippen molar-refractivity contribution in [2.75, 3.05) is 19.0 Å². The fraction of sp³-hybridized carbons (Fsp3) is 0.241. The van der Waals surface area contributed by atoms with Crippen molar-refractivity contribution in [3.05, 3.63) is 90.0 Å². The van der Waals surface area contributed by atoms with Crippen LogP contribution in [0.25, 0.3) is 0 Å². The maximum atomic E-state index is 12.8. The summed E-state index contributed by atoms with van der Waals surface area (Å²) in [5.74, 6) is 0.932. The Kier molecular flexibility index (Phi) is 7.74. The summed E-state index contributed by atoms with van der Waals surface area (Å²) >= 11 is 1.28. The van der Waals surface area contributed by atoms with Crippen molar-refractivity contribution in [3.8, 4) is 11.5 Å². The van der Waals surface area contributed by atoms with Crippen molar-refractivity contribution in [1.82, 2.24) is 5.01 Å². The molecule has 2 atom stereocenters. The first-order valence-corrected chi connectivity index (χ1v) is 13.3. The maximum absolute atomic E-state index is 12.8. The average Bonchev–Trinajstić information content (AvgIpc) is 3.54. The Morgan fingerprint density at radius 3 is 2.42 bits per heavy atom. The third-order valence-electron chi connectivity index (χ3n) is 6.26. The first-order valence-electron chi connectivity index (χ1n) is 12.4. The van der Waals surface area contributed by atoms with Gasteiger partial charge < -0.3 is 14.8 Å². The number of thioether (sulfide) groups is 1. The molecule has 3 aromatic rings. The molecule has 194 valence electrons. The molecule has 1 N–H and O–H groups in total. The molecule has 0 fully saturated rings. The summed E-state index contributed by atoms with van der Waals surface area (Å²) in [4.78, 5) is 29.9. The number of benzene rings is 3. The number of amidine groups is 1. The van der Waals surface area contributed by atoms with Gasteiger partial charge >= 0.3 is 0 Å². The van der Waals surface area contributed by atoms with E-state index in [1.165, 1.54) is 11.8 Å². The highest BCUT2D eigenvalue weighted by atomic mass is 32.2. The molecule has 38 heavy (non-hydrogen) atoms. The normalized spacial score (nSPS) is 18.7. The SMILES string of the molecule is CCOc1ccc(NC(=O)C[C@H]2SC(N3N=C(c4ccc(OC)cc4)C[C@H]3c3ccccc3)=NC2=O)cc1. The number of nitrogens with one attached hydrogen (secondary N) is 1. The number of nitrogens with zero attached hydrogens (tertiary/aromatic N) is 3. The zero-order valence-corrected chi connectivity index (χ0v) is 22.0. The number of hydrazone groups is 1. The molecule has 2 heterocycles. The second kappa shape index (κ2) is 11.5. The molecule has 8 nitrogen and oxygen atoms in total. The lowest BCUT2D eigenvalue weighted by atomic mass is 9.98. The molecule has 0 radical (unpaired) electrons. The monoisotopic (exact) mass is 528 g/mol. The highest BCUT2D eigenvalue weighted by molar-refractivity contribution is 8.15. The van der Waals surface area contributed by atoms with E-state index >= 15 is 0 Å². The van der Waals surface area contributed by atoms with E-state index in [0.29, 0.717) is 23.9 Å². The van der Waals surface area contributed by atoms with Gasteiger partial charge in [0.2, 0.25) is 5.91 Å². The van der Waals surface area contributed by atoms with Gasteiger partial charge in [0.1, 0.15) is 16.7 Å². The molecule has 0 aromatic heterocycles. The second-order valence-corrected chi connectivity index (χ2v) is 9.97. The zero-order valence-electron chi connectivity index (χ0n) is 21.2. The van der Waals surface area contributed by atoms with E-state index < -0.39 is 5.25 Å². The number of aliphatic imine (C=N–C) groups is 1. The Labute approximate surface area is 225 Å². The summed E-state index contributed by atoms with van der Waals surface area (Å²) in [6, 6.07) is 24.9. The largest absolute Gasteiger partial charge is 0.497 e. The van der Waals surface area contributed by atoms with Gasteiger partial charge in [0.05, 0.1) is 25.5 Å². The van der Waals surface area contributed by atoms with Crippen LogP contribution in [-0.2, 0) is 9.59 Å². The van der Waals surface area contributed by atoms with E-state index in [1.54, 1.807) is 31.4 Å². The van der Waals surface area contributed by atoms with E-state index in [0.717, 1.165) is 28.3 Å². The Hall–Kier alpha value is -4.11. The smallest absolute Gasteiger partial charge is 0.262 e. The fourth-order valence-corrected chi connectivity index (χ4v) is 5.43. The summed E-state index contributed by atoms with van der Waals surface area (Å²) in [5.41, 5.74) is 3.60. The molecular weight excluding hydrogens is 500 g/mol. The van der Waals surface area contributed by atoms with Gasteiger partial charge in [0.15, 0.2) is 5.17 Å². The fourth-order valence-electron chi connectivity index (χ4n) is 4.37. The molecule has 3 aromatic carbocycles. The molecule has 2 aliphatic heterocycles. The Morgan fingerprint density at radius 2 is 1.74 bits per heavy atom. The first-order chi connectivity index (χ1) is 18.5. The van der Waals surface area contributed by atoms with Gasteiger partial charge in [-0.05, 0) is 66.6 Å². The summed E-state index contributed by atoms with van der Waals surface area (Å²) in [6.45, 7) is 2.49. The average molecular weight is 529 g/mol. The summed E-state index contributed by atoms with van der Waals surface area (Å²) in [6.07, 6.45) is 0.676. The zero-order chi connectivity index (χ0) is 26.5. The number of rotatable bonds is 8. The molecule has 0 aliphatic carbocycles. The highest BCUT2D eigenvalue weighted by Crippen LogP contribution is 2.38. The van der Waals surface area contributed by atoms with Crippen molar-refractivity contribution in [2.24, 2.45) is 10.1 Å². The quantitative estimate of drug-likeness (QED) is 0.428. The third-order valence-corrected chi connectivity index (χ3v) is 7.40. The van der Waals surface area contributed by atoms with Gasteiger partial charge in [-0.2, -0.15) is 10.1 Å². The van der Waals surface area contributed by atoms with Gasteiger partial charge in [-0.25, -0.2) is 5.01 Å². The van der Waals surface area contributed by atoms with Crippen molar-refractivity contribution >= 4 is 40.1 Å². The van der Waals surface area contributed by atoms with Crippen LogP contribution in [0.3, 0.4) is 0 Å². The lowest BCUT2D eigenvalue weighted by Gasteiger charge is -2.23. The van der Waals surface area contributed by atoms with E-state index in [-0.39, 0.29) is 24.3 Å². The third kappa shape index (κ3) is 5.73. The van der Waals surface area contributed by atoms with E-state index in [4.69, 9.17) is 14.6 Å². The molecule has 0 unspecified atom stereocenters. The molecule has 0 bridgehead atoms.